The van der Waals surface area contributed by atoms with Crippen LogP contribution in [0.2, 0.25) is 0 Å². The second kappa shape index (κ2) is 4.85. The Morgan fingerprint density at radius 2 is 2.21 bits per heavy atom. The van der Waals surface area contributed by atoms with Crippen molar-refractivity contribution in [3.63, 3.8) is 0 Å². The first-order valence-electron chi connectivity index (χ1n) is 6.28. The van der Waals surface area contributed by atoms with Gasteiger partial charge in [-0.05, 0) is 12.1 Å². The lowest BCUT2D eigenvalue weighted by molar-refractivity contribution is 0.415. The van der Waals surface area contributed by atoms with Gasteiger partial charge in [0, 0.05) is 30.6 Å². The van der Waals surface area contributed by atoms with Gasteiger partial charge in [0.15, 0.2) is 5.82 Å². The molecule has 1 aliphatic rings. The summed E-state index contributed by atoms with van der Waals surface area (Å²) in [6, 6.07) is 7.71. The molecule has 2 aromatic rings. The quantitative estimate of drug-likeness (QED) is 0.849. The van der Waals surface area contributed by atoms with E-state index in [0.717, 1.165) is 42.1 Å². The van der Waals surface area contributed by atoms with Gasteiger partial charge < -0.3 is 15.8 Å². The molecule has 0 unspecified atom stereocenters. The summed E-state index contributed by atoms with van der Waals surface area (Å²) in [6.07, 6.45) is 0.888. The van der Waals surface area contributed by atoms with E-state index in [1.54, 1.807) is 7.11 Å². The van der Waals surface area contributed by atoms with Gasteiger partial charge in [-0.15, -0.1) is 0 Å². The number of fused-ring (bicyclic) bond motifs is 1. The molecule has 0 bridgehead atoms. The molecule has 5 nitrogen and oxygen atoms in total. The Labute approximate surface area is 111 Å². The Bertz CT molecular complexity index is 612. The fourth-order valence-corrected chi connectivity index (χ4v) is 2.26. The van der Waals surface area contributed by atoms with Crippen LogP contribution in [0.4, 0.5) is 5.82 Å². The van der Waals surface area contributed by atoms with Crippen LogP contribution in [0, 0.1) is 0 Å². The third-order valence-electron chi connectivity index (χ3n) is 3.29. The topological polar surface area (TPSA) is 73.1 Å². The van der Waals surface area contributed by atoms with Gasteiger partial charge in [-0.25, -0.2) is 9.97 Å². The van der Waals surface area contributed by atoms with Crippen molar-refractivity contribution in [1.82, 2.24) is 15.3 Å². The molecule has 1 aromatic heterocycles. The molecule has 3 N–H and O–H groups in total. The first kappa shape index (κ1) is 11.9. The molecule has 0 aliphatic carbocycles. The van der Waals surface area contributed by atoms with Gasteiger partial charge in [0.1, 0.15) is 11.6 Å². The summed E-state index contributed by atoms with van der Waals surface area (Å²) in [5.41, 5.74) is 9.02. The monoisotopic (exact) mass is 256 g/mol. The number of hydrogen-bond acceptors (Lipinski definition) is 5. The van der Waals surface area contributed by atoms with E-state index in [4.69, 9.17) is 10.5 Å². The summed E-state index contributed by atoms with van der Waals surface area (Å²) in [5.74, 6) is 2.02. The average molecular weight is 256 g/mol. The predicted octanol–water partition coefficient (Wildman–Crippen LogP) is 1.38. The van der Waals surface area contributed by atoms with E-state index >= 15 is 0 Å². The minimum atomic E-state index is 0.565. The van der Waals surface area contributed by atoms with E-state index in [-0.39, 0.29) is 0 Å². The highest BCUT2D eigenvalue weighted by Crippen LogP contribution is 2.25. The molecule has 2 heterocycles. The molecule has 0 fully saturated rings. The van der Waals surface area contributed by atoms with E-state index in [1.165, 1.54) is 0 Å². The van der Waals surface area contributed by atoms with Crippen LogP contribution in [-0.2, 0) is 13.0 Å². The molecular formula is C14H16N4O. The lowest BCUT2D eigenvalue weighted by atomic mass is 10.1. The van der Waals surface area contributed by atoms with Gasteiger partial charge in [0.25, 0.3) is 0 Å². The molecule has 3 rings (SSSR count). The molecule has 0 spiro atoms. The minimum Gasteiger partial charge on any atom is -0.497 e. The minimum absolute atomic E-state index is 0.565. The largest absolute Gasteiger partial charge is 0.497 e. The van der Waals surface area contributed by atoms with Crippen LogP contribution in [0.1, 0.15) is 11.3 Å². The van der Waals surface area contributed by atoms with Crippen molar-refractivity contribution in [2.45, 2.75) is 13.0 Å². The Morgan fingerprint density at radius 3 is 3.05 bits per heavy atom. The van der Waals surface area contributed by atoms with Gasteiger partial charge in [0.05, 0.1) is 12.8 Å². The van der Waals surface area contributed by atoms with Crippen LogP contribution in [0.3, 0.4) is 0 Å². The average Bonchev–Trinajstić information content (AvgIpc) is 2.47. The first-order valence-corrected chi connectivity index (χ1v) is 6.28. The normalized spacial score (nSPS) is 13.9. The number of nitrogens with one attached hydrogen (secondary N) is 1. The molecule has 0 atom stereocenters. The summed E-state index contributed by atoms with van der Waals surface area (Å²) >= 11 is 0. The number of ether oxygens (including phenoxy) is 1. The van der Waals surface area contributed by atoms with E-state index in [2.05, 4.69) is 15.3 Å². The van der Waals surface area contributed by atoms with Crippen LogP contribution in [0.5, 0.6) is 5.75 Å². The van der Waals surface area contributed by atoms with Gasteiger partial charge in [-0.3, -0.25) is 0 Å². The number of methoxy groups -OCH3 is 1. The van der Waals surface area contributed by atoms with Crippen molar-refractivity contribution in [3.8, 4) is 17.1 Å². The van der Waals surface area contributed by atoms with Crippen molar-refractivity contribution in [2.24, 2.45) is 0 Å². The fraction of sp³-hybridized carbons (Fsp3) is 0.286. The summed E-state index contributed by atoms with van der Waals surface area (Å²) in [7, 11) is 1.65. The van der Waals surface area contributed by atoms with Gasteiger partial charge in [-0.1, -0.05) is 12.1 Å². The predicted molar refractivity (Wildman–Crippen MR) is 73.8 cm³/mol. The maximum atomic E-state index is 6.03. The van der Waals surface area contributed by atoms with E-state index in [0.29, 0.717) is 11.6 Å². The molecule has 0 saturated carbocycles. The zero-order valence-corrected chi connectivity index (χ0v) is 10.8. The van der Waals surface area contributed by atoms with E-state index in [1.807, 2.05) is 24.3 Å². The number of nitrogens with zero attached hydrogens (tertiary/aromatic N) is 2. The third kappa shape index (κ3) is 2.24. The van der Waals surface area contributed by atoms with Crippen LogP contribution < -0.4 is 15.8 Å². The first-order chi connectivity index (χ1) is 9.28. The summed E-state index contributed by atoms with van der Waals surface area (Å²) < 4.78 is 5.22. The molecule has 0 radical (unpaired) electrons. The number of rotatable bonds is 2. The zero-order chi connectivity index (χ0) is 13.2. The number of anilines is 1. The maximum absolute atomic E-state index is 6.03. The van der Waals surface area contributed by atoms with Crippen LogP contribution in [0.25, 0.3) is 11.4 Å². The number of hydrogen-bond donors (Lipinski definition) is 2. The number of aromatic nitrogens is 2. The van der Waals surface area contributed by atoms with Crippen molar-refractivity contribution < 1.29 is 4.74 Å². The maximum Gasteiger partial charge on any atom is 0.161 e. The number of nitrogen functional groups attached to an aromatic ring is 1. The molecule has 98 valence electrons. The van der Waals surface area contributed by atoms with Crippen molar-refractivity contribution in [1.29, 1.82) is 0 Å². The molecule has 1 aromatic carbocycles. The third-order valence-corrected chi connectivity index (χ3v) is 3.29. The molecule has 0 amide bonds. The summed E-state index contributed by atoms with van der Waals surface area (Å²) in [5, 5.41) is 3.28. The number of nitrogens with two attached hydrogens (primary N) is 1. The van der Waals surface area contributed by atoms with E-state index in [9.17, 15) is 0 Å². The van der Waals surface area contributed by atoms with Crippen LogP contribution in [-0.4, -0.2) is 23.6 Å². The Kier molecular flexibility index (Phi) is 3.05. The molecule has 1 aliphatic heterocycles. The Hall–Kier alpha value is -2.14. The smallest absolute Gasteiger partial charge is 0.161 e. The fourth-order valence-electron chi connectivity index (χ4n) is 2.26. The second-order valence-electron chi connectivity index (χ2n) is 4.52. The second-order valence-corrected chi connectivity index (χ2v) is 4.52. The standard InChI is InChI=1S/C14H16N4O/c1-19-10-4-2-3-9(7-10)14-17-12-5-6-16-8-11(12)13(15)18-14/h2-4,7,16H,5-6,8H2,1H3,(H2,15,17,18). The molecular weight excluding hydrogens is 240 g/mol. The molecule has 0 saturated heterocycles. The van der Waals surface area contributed by atoms with Crippen molar-refractivity contribution in [2.75, 3.05) is 19.4 Å². The summed E-state index contributed by atoms with van der Waals surface area (Å²) in [4.78, 5) is 9.04. The van der Waals surface area contributed by atoms with Crippen molar-refractivity contribution in [3.05, 3.63) is 35.5 Å². The summed E-state index contributed by atoms with van der Waals surface area (Å²) in [6.45, 7) is 1.68. The van der Waals surface area contributed by atoms with Gasteiger partial charge in [0.2, 0.25) is 0 Å². The van der Waals surface area contributed by atoms with Crippen LogP contribution in [0.15, 0.2) is 24.3 Å². The molecule has 5 heteroatoms. The molecule has 19 heavy (non-hydrogen) atoms. The van der Waals surface area contributed by atoms with Crippen LogP contribution >= 0.6 is 0 Å². The highest BCUT2D eigenvalue weighted by Gasteiger charge is 2.16. The van der Waals surface area contributed by atoms with Gasteiger partial charge in [-0.2, -0.15) is 0 Å². The Morgan fingerprint density at radius 1 is 1.32 bits per heavy atom. The lowest BCUT2D eigenvalue weighted by Crippen LogP contribution is -2.26. The Balaban J connectivity index is 2.07. The van der Waals surface area contributed by atoms with Crippen molar-refractivity contribution >= 4 is 5.82 Å². The van der Waals surface area contributed by atoms with E-state index < -0.39 is 0 Å². The number of benzene rings is 1. The highest BCUT2D eigenvalue weighted by molar-refractivity contribution is 5.61. The lowest BCUT2D eigenvalue weighted by Gasteiger charge is -2.18. The zero-order valence-electron chi connectivity index (χ0n) is 10.8. The SMILES string of the molecule is COc1cccc(-c2nc(N)c3c(n2)CCNC3)c1. The highest BCUT2D eigenvalue weighted by atomic mass is 16.5. The van der Waals surface area contributed by atoms with Gasteiger partial charge >= 0.3 is 0 Å².